The maximum absolute atomic E-state index is 13.4. The predicted octanol–water partition coefficient (Wildman–Crippen LogP) is 1.45. The van der Waals surface area contributed by atoms with Crippen LogP contribution in [0.1, 0.15) is 34.6 Å². The van der Waals surface area contributed by atoms with Gasteiger partial charge >= 0.3 is 0 Å². The predicted molar refractivity (Wildman–Crippen MR) is 127 cm³/mol. The van der Waals surface area contributed by atoms with E-state index in [0.717, 1.165) is 6.26 Å². The normalized spacial score (nSPS) is 19.6. The molecule has 0 bridgehead atoms. The van der Waals surface area contributed by atoms with Crippen LogP contribution in [0.15, 0.2) is 42.7 Å². The largest absolute Gasteiger partial charge is 0.488 e. The van der Waals surface area contributed by atoms with Crippen molar-refractivity contribution in [2.24, 2.45) is 5.92 Å². The third-order valence-electron chi connectivity index (χ3n) is 5.87. The lowest BCUT2D eigenvalue weighted by Crippen LogP contribution is -2.50. The van der Waals surface area contributed by atoms with E-state index in [9.17, 15) is 23.1 Å². The minimum atomic E-state index is -3.44. The number of aromatic nitrogens is 1. The average molecular weight is 491 g/mol. The highest BCUT2D eigenvalue weighted by atomic mass is 32.2. The number of pyridine rings is 1. The first-order valence-electron chi connectivity index (χ1n) is 10.9. The number of ether oxygens (including phenoxy) is 1. The fraction of sp³-hybridized carbons (Fsp3) is 0.435. The molecule has 0 aliphatic carbocycles. The van der Waals surface area contributed by atoms with E-state index in [2.05, 4.69) is 10.3 Å². The molecular weight excluding hydrogens is 460 g/mol. The van der Waals surface area contributed by atoms with Crippen LogP contribution in [0.2, 0.25) is 0 Å². The van der Waals surface area contributed by atoms with Crippen molar-refractivity contribution in [1.82, 2.24) is 14.2 Å². The molecule has 2 amide bonds. The summed E-state index contributed by atoms with van der Waals surface area (Å²) in [5, 5.41) is 12.5. The fourth-order valence-corrected chi connectivity index (χ4v) is 4.03. The van der Waals surface area contributed by atoms with Crippen molar-refractivity contribution in [3.8, 4) is 5.75 Å². The number of sulfonamides is 1. The second-order valence-electron chi connectivity index (χ2n) is 8.57. The molecule has 3 atom stereocenters. The van der Waals surface area contributed by atoms with Crippen molar-refractivity contribution in [1.29, 1.82) is 0 Å². The number of anilines is 1. The van der Waals surface area contributed by atoms with Gasteiger partial charge in [-0.1, -0.05) is 6.92 Å². The summed E-state index contributed by atoms with van der Waals surface area (Å²) in [6.45, 7) is 3.73. The van der Waals surface area contributed by atoms with Gasteiger partial charge in [0.15, 0.2) is 0 Å². The Bertz CT molecular complexity index is 1140. The number of fused-ring (bicyclic) bond motifs is 1. The van der Waals surface area contributed by atoms with Gasteiger partial charge in [-0.25, -0.2) is 12.7 Å². The number of hydrogen-bond acceptors (Lipinski definition) is 7. The van der Waals surface area contributed by atoms with Crippen LogP contribution in [-0.2, 0) is 10.0 Å². The highest BCUT2D eigenvalue weighted by molar-refractivity contribution is 7.88. The Kier molecular flexibility index (Phi) is 7.90. The number of likely N-dealkylation sites (N-methyl/N-ethyl adjacent to an activating group) is 1. The fourth-order valence-electron chi connectivity index (χ4n) is 3.61. The van der Waals surface area contributed by atoms with Crippen molar-refractivity contribution in [2.75, 3.05) is 38.3 Å². The van der Waals surface area contributed by atoms with E-state index in [1.54, 1.807) is 36.1 Å². The number of aliphatic hydroxyl groups is 1. The third-order valence-corrected chi connectivity index (χ3v) is 7.15. The molecular formula is C23H30N4O6S. The lowest BCUT2D eigenvalue weighted by Gasteiger charge is -2.38. The second kappa shape index (κ2) is 10.5. The topological polar surface area (TPSA) is 129 Å². The number of amides is 2. The van der Waals surface area contributed by atoms with Crippen molar-refractivity contribution < 1.29 is 27.9 Å². The molecule has 1 aromatic heterocycles. The van der Waals surface area contributed by atoms with Crippen LogP contribution in [-0.4, -0.2) is 84.7 Å². The molecule has 0 radical (unpaired) electrons. The van der Waals surface area contributed by atoms with Crippen LogP contribution in [0.3, 0.4) is 0 Å². The number of rotatable bonds is 7. The lowest BCUT2D eigenvalue weighted by atomic mass is 9.99. The summed E-state index contributed by atoms with van der Waals surface area (Å²) in [5.41, 5.74) is 1.02. The summed E-state index contributed by atoms with van der Waals surface area (Å²) in [6, 6.07) is 7.42. The zero-order valence-electron chi connectivity index (χ0n) is 19.6. The number of nitrogens with one attached hydrogen (secondary N) is 1. The molecule has 3 rings (SSSR count). The van der Waals surface area contributed by atoms with E-state index in [0.29, 0.717) is 11.3 Å². The van der Waals surface area contributed by atoms with E-state index < -0.39 is 22.2 Å². The third kappa shape index (κ3) is 5.91. The Morgan fingerprint density at radius 1 is 1.32 bits per heavy atom. The smallest absolute Gasteiger partial charge is 0.258 e. The van der Waals surface area contributed by atoms with E-state index in [1.807, 2.05) is 6.92 Å². The Morgan fingerprint density at radius 3 is 2.62 bits per heavy atom. The summed E-state index contributed by atoms with van der Waals surface area (Å²) in [5.74, 6) is -0.649. The molecule has 2 N–H and O–H groups in total. The molecule has 34 heavy (non-hydrogen) atoms. The first-order valence-corrected chi connectivity index (χ1v) is 12.7. The minimum Gasteiger partial charge on any atom is -0.488 e. The molecule has 0 saturated heterocycles. The molecule has 0 fully saturated rings. The Balaban J connectivity index is 1.97. The monoisotopic (exact) mass is 490 g/mol. The number of carbonyl (C=O) groups is 2. The van der Waals surface area contributed by atoms with Gasteiger partial charge in [0.05, 0.1) is 31.0 Å². The van der Waals surface area contributed by atoms with Crippen LogP contribution in [0.25, 0.3) is 0 Å². The molecule has 184 valence electrons. The van der Waals surface area contributed by atoms with Crippen molar-refractivity contribution in [3.63, 3.8) is 0 Å². The first-order chi connectivity index (χ1) is 16.0. The highest BCUT2D eigenvalue weighted by Gasteiger charge is 2.34. The van der Waals surface area contributed by atoms with Crippen molar-refractivity contribution in [2.45, 2.75) is 26.0 Å². The lowest BCUT2D eigenvalue weighted by molar-refractivity contribution is 0.0387. The maximum atomic E-state index is 13.4. The van der Waals surface area contributed by atoms with Crippen LogP contribution >= 0.6 is 0 Å². The number of hydrogen-bond donors (Lipinski definition) is 2. The van der Waals surface area contributed by atoms with Crippen molar-refractivity contribution in [3.05, 3.63) is 53.9 Å². The van der Waals surface area contributed by atoms with Crippen molar-refractivity contribution >= 4 is 27.5 Å². The molecule has 2 heterocycles. The van der Waals surface area contributed by atoms with Gasteiger partial charge in [-0.05, 0) is 37.3 Å². The zero-order chi connectivity index (χ0) is 25.0. The van der Waals surface area contributed by atoms with E-state index in [4.69, 9.17) is 4.74 Å². The van der Waals surface area contributed by atoms with Gasteiger partial charge < -0.3 is 20.1 Å². The summed E-state index contributed by atoms with van der Waals surface area (Å²) in [7, 11) is -1.96. The van der Waals surface area contributed by atoms with Gasteiger partial charge in [-0.3, -0.25) is 14.6 Å². The van der Waals surface area contributed by atoms with E-state index in [-0.39, 0.29) is 48.7 Å². The highest BCUT2D eigenvalue weighted by Crippen LogP contribution is 2.31. The molecule has 10 nitrogen and oxygen atoms in total. The molecule has 1 aliphatic rings. The minimum absolute atomic E-state index is 0.0928. The molecule has 2 aromatic rings. The Labute approximate surface area is 199 Å². The summed E-state index contributed by atoms with van der Waals surface area (Å²) in [4.78, 5) is 31.4. The molecule has 0 spiro atoms. The van der Waals surface area contributed by atoms with Crippen LogP contribution in [0.5, 0.6) is 5.75 Å². The van der Waals surface area contributed by atoms with Gasteiger partial charge in [0.25, 0.3) is 11.8 Å². The number of benzene rings is 1. The Morgan fingerprint density at radius 2 is 2.00 bits per heavy atom. The maximum Gasteiger partial charge on any atom is 0.258 e. The van der Waals surface area contributed by atoms with Crippen LogP contribution in [0.4, 0.5) is 5.69 Å². The van der Waals surface area contributed by atoms with Gasteiger partial charge in [0.1, 0.15) is 11.9 Å². The van der Waals surface area contributed by atoms with Gasteiger partial charge in [0.2, 0.25) is 10.0 Å². The molecule has 1 aromatic carbocycles. The number of aliphatic hydroxyl groups excluding tert-OH is 1. The van der Waals surface area contributed by atoms with Gasteiger partial charge in [0, 0.05) is 43.2 Å². The van der Waals surface area contributed by atoms with Gasteiger partial charge in [-0.2, -0.15) is 0 Å². The van der Waals surface area contributed by atoms with E-state index in [1.165, 1.54) is 29.8 Å². The molecule has 1 aliphatic heterocycles. The number of carbonyl (C=O) groups excluding carboxylic acids is 2. The molecule has 11 heteroatoms. The number of nitrogens with zero attached hydrogens (tertiary/aromatic N) is 3. The Hall–Kier alpha value is -3.02. The summed E-state index contributed by atoms with van der Waals surface area (Å²) in [6.07, 6.45) is 3.60. The average Bonchev–Trinajstić information content (AvgIpc) is 2.81. The first kappa shape index (κ1) is 25.6. The summed E-state index contributed by atoms with van der Waals surface area (Å²) >= 11 is 0. The van der Waals surface area contributed by atoms with Crippen LogP contribution in [0, 0.1) is 5.92 Å². The SMILES string of the molecule is C[C@@H]1CN([C@H](C)CO)C(=O)c2cc(NC(=O)c3ccncc3)ccc2O[C@H]1CN(C)S(C)(=O)=O. The second-order valence-corrected chi connectivity index (χ2v) is 10.7. The quantitative estimate of drug-likeness (QED) is 0.601. The van der Waals surface area contributed by atoms with Crippen LogP contribution < -0.4 is 10.1 Å². The zero-order valence-corrected chi connectivity index (χ0v) is 20.4. The van der Waals surface area contributed by atoms with E-state index >= 15 is 0 Å². The molecule has 0 unspecified atom stereocenters. The summed E-state index contributed by atoms with van der Waals surface area (Å²) < 4.78 is 31.3. The standard InChI is InChI=1S/C23H30N4O6S/c1-15-12-27(16(2)14-28)23(30)19-11-18(25-22(29)17-7-9-24-10-8-17)5-6-20(19)33-21(15)13-26(3)34(4,31)32/h5-11,15-16,21,28H,12-14H2,1-4H3,(H,25,29)/t15-,16-,21+/m1/s1. The molecule has 0 saturated carbocycles. The van der Waals surface area contributed by atoms with Gasteiger partial charge in [-0.15, -0.1) is 0 Å².